The van der Waals surface area contributed by atoms with Crippen LogP contribution in [0.25, 0.3) is 22.0 Å². The number of H-pyrrole nitrogens is 1. The van der Waals surface area contributed by atoms with E-state index in [2.05, 4.69) is 31.0 Å². The van der Waals surface area contributed by atoms with Gasteiger partial charge in [-0.05, 0) is 80.2 Å². The summed E-state index contributed by atoms with van der Waals surface area (Å²) in [7, 11) is 0. The molecule has 2 aromatic carbocycles. The largest absolute Gasteiger partial charge is 0.490 e. The van der Waals surface area contributed by atoms with Crippen molar-refractivity contribution in [2.75, 3.05) is 0 Å². The first-order chi connectivity index (χ1) is 14.9. The lowest BCUT2D eigenvalue weighted by Crippen LogP contribution is -2.20. The second-order valence-corrected chi connectivity index (χ2v) is 9.99. The number of nitrogens with one attached hydrogen (secondary N) is 1. The van der Waals surface area contributed by atoms with Gasteiger partial charge >= 0.3 is 0 Å². The standard InChI is InChI=1S/C27H34N2O2/c1-27(2,3)20-9-4-5-11-21(12-8-10-20)31-22-17-15-19(16-18-22)25-23-13-6-7-14-24(23)26(30)29-28-25/h6-7,13-18,20-21H,4-5,8-12H2,1-3H3,(H,29,30). The number of hydrogen-bond donors (Lipinski definition) is 1. The van der Waals surface area contributed by atoms with Crippen molar-refractivity contribution in [3.05, 3.63) is 58.9 Å². The number of aromatic amines is 1. The molecule has 0 spiro atoms. The van der Waals surface area contributed by atoms with Gasteiger partial charge in [-0.25, -0.2) is 5.10 Å². The second kappa shape index (κ2) is 9.25. The summed E-state index contributed by atoms with van der Waals surface area (Å²) in [4.78, 5) is 12.1. The molecule has 0 amide bonds. The molecule has 4 rings (SSSR count). The van der Waals surface area contributed by atoms with Crippen molar-refractivity contribution in [2.24, 2.45) is 11.3 Å². The average Bonchev–Trinajstić information content (AvgIpc) is 2.87. The van der Waals surface area contributed by atoms with E-state index in [1.165, 1.54) is 32.1 Å². The van der Waals surface area contributed by atoms with Crippen LogP contribution in [0.3, 0.4) is 0 Å². The van der Waals surface area contributed by atoms with E-state index >= 15 is 0 Å². The minimum absolute atomic E-state index is 0.159. The Kier molecular flexibility index (Phi) is 6.45. The zero-order valence-corrected chi connectivity index (χ0v) is 19.0. The van der Waals surface area contributed by atoms with Gasteiger partial charge in [-0.15, -0.1) is 0 Å². The van der Waals surface area contributed by atoms with E-state index < -0.39 is 0 Å². The van der Waals surface area contributed by atoms with Crippen molar-refractivity contribution < 1.29 is 4.74 Å². The highest BCUT2D eigenvalue weighted by atomic mass is 16.5. The van der Waals surface area contributed by atoms with Gasteiger partial charge in [0.15, 0.2) is 0 Å². The molecule has 4 heteroatoms. The smallest absolute Gasteiger partial charge is 0.272 e. The SMILES string of the molecule is CC(C)(C)C1CCCCC(Oc2ccc(-c3n[nH]c(=O)c4ccccc34)cc2)CCC1. The number of rotatable bonds is 3. The molecule has 1 aliphatic carbocycles. The molecule has 0 bridgehead atoms. The minimum atomic E-state index is -0.159. The second-order valence-electron chi connectivity index (χ2n) is 9.99. The van der Waals surface area contributed by atoms with Crippen LogP contribution in [0.2, 0.25) is 0 Å². The third-order valence-electron chi connectivity index (χ3n) is 6.76. The summed E-state index contributed by atoms with van der Waals surface area (Å²) in [6.45, 7) is 7.14. The number of hydrogen-bond acceptors (Lipinski definition) is 3. The van der Waals surface area contributed by atoms with Gasteiger partial charge in [0.2, 0.25) is 0 Å². The summed E-state index contributed by atoms with van der Waals surface area (Å²) >= 11 is 0. The molecule has 0 saturated heterocycles. The Morgan fingerprint density at radius 2 is 1.52 bits per heavy atom. The maximum Gasteiger partial charge on any atom is 0.272 e. The fraction of sp³-hybridized carbons (Fsp3) is 0.481. The van der Waals surface area contributed by atoms with E-state index in [1.54, 1.807) is 0 Å². The van der Waals surface area contributed by atoms with E-state index in [0.717, 1.165) is 41.2 Å². The van der Waals surface area contributed by atoms with Crippen LogP contribution in [0.4, 0.5) is 0 Å². The summed E-state index contributed by atoms with van der Waals surface area (Å²) in [5.41, 5.74) is 2.00. The van der Waals surface area contributed by atoms with E-state index in [9.17, 15) is 4.79 Å². The molecule has 4 nitrogen and oxygen atoms in total. The van der Waals surface area contributed by atoms with Gasteiger partial charge in [-0.1, -0.05) is 45.4 Å². The van der Waals surface area contributed by atoms with Crippen molar-refractivity contribution in [2.45, 2.75) is 71.8 Å². The van der Waals surface area contributed by atoms with E-state index in [4.69, 9.17) is 4.74 Å². The Bertz CT molecular complexity index is 1060. The molecule has 164 valence electrons. The third-order valence-corrected chi connectivity index (χ3v) is 6.76. The molecule has 1 aromatic heterocycles. The van der Waals surface area contributed by atoms with Gasteiger partial charge in [0, 0.05) is 10.9 Å². The molecule has 1 fully saturated rings. The van der Waals surface area contributed by atoms with Crippen molar-refractivity contribution in [3.63, 3.8) is 0 Å². The highest BCUT2D eigenvalue weighted by Gasteiger charge is 2.25. The molecule has 3 aromatic rings. The van der Waals surface area contributed by atoms with E-state index in [-0.39, 0.29) is 11.7 Å². The number of ether oxygens (including phenoxy) is 1. The normalized spacial score (nSPS) is 20.6. The first-order valence-electron chi connectivity index (χ1n) is 11.7. The molecule has 31 heavy (non-hydrogen) atoms. The van der Waals surface area contributed by atoms with E-state index in [1.807, 2.05) is 48.5 Å². The van der Waals surface area contributed by atoms with Gasteiger partial charge in [-0.2, -0.15) is 5.10 Å². The predicted molar refractivity (Wildman–Crippen MR) is 127 cm³/mol. The van der Waals surface area contributed by atoms with Crippen LogP contribution in [-0.2, 0) is 0 Å². The highest BCUT2D eigenvalue weighted by molar-refractivity contribution is 5.93. The first-order valence-corrected chi connectivity index (χ1v) is 11.7. The molecule has 1 aliphatic rings. The maximum absolute atomic E-state index is 12.1. The molecule has 2 unspecified atom stereocenters. The summed E-state index contributed by atoms with van der Waals surface area (Å²) < 4.78 is 6.39. The maximum atomic E-state index is 12.1. The molecular formula is C27H34N2O2. The van der Waals surface area contributed by atoms with Crippen LogP contribution < -0.4 is 10.3 Å². The Balaban J connectivity index is 1.46. The summed E-state index contributed by atoms with van der Waals surface area (Å²) in [6, 6.07) is 15.7. The number of benzene rings is 2. The van der Waals surface area contributed by atoms with Crippen LogP contribution in [0.15, 0.2) is 53.3 Å². The zero-order chi connectivity index (χ0) is 21.8. The lowest BCUT2D eigenvalue weighted by molar-refractivity contribution is 0.171. The molecule has 0 radical (unpaired) electrons. The Labute approximate surface area is 185 Å². The van der Waals surface area contributed by atoms with Crippen molar-refractivity contribution in [3.8, 4) is 17.0 Å². The molecular weight excluding hydrogens is 384 g/mol. The molecule has 2 atom stereocenters. The van der Waals surface area contributed by atoms with Crippen molar-refractivity contribution in [1.82, 2.24) is 10.2 Å². The lowest BCUT2D eigenvalue weighted by Gasteiger charge is -2.30. The summed E-state index contributed by atoms with van der Waals surface area (Å²) in [5.74, 6) is 1.72. The minimum Gasteiger partial charge on any atom is -0.490 e. The summed E-state index contributed by atoms with van der Waals surface area (Å²) in [5, 5.41) is 8.45. The number of aromatic nitrogens is 2. The van der Waals surface area contributed by atoms with Crippen LogP contribution in [-0.4, -0.2) is 16.3 Å². The van der Waals surface area contributed by atoms with Crippen LogP contribution in [0.1, 0.15) is 65.7 Å². The van der Waals surface area contributed by atoms with E-state index in [0.29, 0.717) is 10.8 Å². The van der Waals surface area contributed by atoms with Gasteiger partial charge in [0.1, 0.15) is 5.75 Å². The molecule has 0 aliphatic heterocycles. The highest BCUT2D eigenvalue weighted by Crippen LogP contribution is 2.36. The quantitative estimate of drug-likeness (QED) is 0.512. The van der Waals surface area contributed by atoms with Crippen molar-refractivity contribution >= 4 is 10.8 Å². The third kappa shape index (κ3) is 5.17. The Morgan fingerprint density at radius 3 is 2.26 bits per heavy atom. The van der Waals surface area contributed by atoms with Crippen LogP contribution >= 0.6 is 0 Å². The molecule has 1 N–H and O–H groups in total. The average molecular weight is 419 g/mol. The Hall–Kier alpha value is -2.62. The molecule has 1 saturated carbocycles. The number of nitrogens with zero attached hydrogens (tertiary/aromatic N) is 1. The fourth-order valence-electron chi connectivity index (χ4n) is 4.85. The van der Waals surface area contributed by atoms with Crippen LogP contribution in [0, 0.1) is 11.3 Å². The summed E-state index contributed by atoms with van der Waals surface area (Å²) in [6.07, 6.45) is 8.95. The van der Waals surface area contributed by atoms with Gasteiger partial charge in [0.25, 0.3) is 5.56 Å². The monoisotopic (exact) mass is 418 g/mol. The lowest BCUT2D eigenvalue weighted by atomic mass is 9.75. The van der Waals surface area contributed by atoms with Gasteiger partial charge < -0.3 is 4.74 Å². The predicted octanol–water partition coefficient (Wildman–Crippen LogP) is 6.74. The zero-order valence-electron chi connectivity index (χ0n) is 19.0. The van der Waals surface area contributed by atoms with Crippen molar-refractivity contribution in [1.29, 1.82) is 0 Å². The topological polar surface area (TPSA) is 55.0 Å². The van der Waals surface area contributed by atoms with Crippen LogP contribution in [0.5, 0.6) is 5.75 Å². The van der Waals surface area contributed by atoms with Gasteiger partial charge in [0.05, 0.1) is 17.2 Å². The fourth-order valence-corrected chi connectivity index (χ4v) is 4.85. The van der Waals surface area contributed by atoms with Gasteiger partial charge in [-0.3, -0.25) is 4.79 Å². The molecule has 1 heterocycles. The number of fused-ring (bicyclic) bond motifs is 1. The Morgan fingerprint density at radius 1 is 0.871 bits per heavy atom. The first kappa shape index (κ1) is 21.6.